The van der Waals surface area contributed by atoms with E-state index in [-0.39, 0.29) is 6.10 Å². The molecule has 0 saturated heterocycles. The first-order chi connectivity index (χ1) is 6.24. The molecule has 0 spiro atoms. The number of hydrogen-bond donors (Lipinski definition) is 1. The largest absolute Gasteiger partial charge is 0.388 e. The molecule has 0 aromatic carbocycles. The van der Waals surface area contributed by atoms with Crippen LogP contribution in [0.15, 0.2) is 24.5 Å². The number of nitrogens with zero attached hydrogens (tertiary/aromatic N) is 1. The minimum Gasteiger partial charge on any atom is -0.388 e. The lowest BCUT2D eigenvalue weighted by Gasteiger charge is -2.14. The van der Waals surface area contributed by atoms with Crippen LogP contribution in [-0.2, 0) is 4.74 Å². The molecule has 1 heterocycles. The van der Waals surface area contributed by atoms with Crippen LogP contribution in [0.25, 0.3) is 0 Å². The van der Waals surface area contributed by atoms with E-state index in [0.717, 1.165) is 5.56 Å². The Labute approximate surface area is 78.4 Å². The number of hydrogen-bond acceptors (Lipinski definition) is 3. The predicted octanol–water partition coefficient (Wildman–Crippen LogP) is 1.54. The summed E-state index contributed by atoms with van der Waals surface area (Å²) in [6.07, 6.45) is 3.55. The molecule has 2 unspecified atom stereocenters. The molecule has 0 bridgehead atoms. The Kier molecular flexibility index (Phi) is 3.86. The van der Waals surface area contributed by atoms with Gasteiger partial charge < -0.3 is 9.84 Å². The van der Waals surface area contributed by atoms with E-state index >= 15 is 0 Å². The van der Waals surface area contributed by atoms with Gasteiger partial charge in [0.05, 0.1) is 12.2 Å². The van der Waals surface area contributed by atoms with Crippen LogP contribution in [0.4, 0.5) is 0 Å². The van der Waals surface area contributed by atoms with Crippen molar-refractivity contribution in [1.82, 2.24) is 4.98 Å². The highest BCUT2D eigenvalue weighted by molar-refractivity contribution is 5.11. The second-order valence-electron chi connectivity index (χ2n) is 3.08. The van der Waals surface area contributed by atoms with Crippen LogP contribution in [-0.4, -0.2) is 23.3 Å². The van der Waals surface area contributed by atoms with Crippen LogP contribution in [0.1, 0.15) is 25.0 Å². The molecule has 0 aliphatic rings. The molecule has 1 rings (SSSR count). The second kappa shape index (κ2) is 4.94. The van der Waals surface area contributed by atoms with Crippen molar-refractivity contribution in [2.24, 2.45) is 0 Å². The van der Waals surface area contributed by atoms with Crippen molar-refractivity contribution in [3.8, 4) is 0 Å². The molecule has 3 nitrogen and oxygen atoms in total. The maximum absolute atomic E-state index is 9.70. The van der Waals surface area contributed by atoms with E-state index in [1.165, 1.54) is 0 Å². The minimum absolute atomic E-state index is 0.0650. The standard InChI is InChI=1S/C10H15NO2/c1-8(13-2)6-10(12)9-4-3-5-11-7-9/h3-5,7-8,10,12H,6H2,1-2H3. The summed E-state index contributed by atoms with van der Waals surface area (Å²) in [6, 6.07) is 3.68. The molecule has 0 aliphatic carbocycles. The Morgan fingerprint density at radius 2 is 2.38 bits per heavy atom. The molecule has 1 aromatic heterocycles. The number of aromatic nitrogens is 1. The van der Waals surface area contributed by atoms with Gasteiger partial charge in [0.1, 0.15) is 0 Å². The molecule has 0 radical (unpaired) electrons. The van der Waals surface area contributed by atoms with E-state index in [0.29, 0.717) is 6.42 Å². The summed E-state index contributed by atoms with van der Waals surface area (Å²) in [5.41, 5.74) is 0.839. The van der Waals surface area contributed by atoms with Gasteiger partial charge in [-0.2, -0.15) is 0 Å². The van der Waals surface area contributed by atoms with Crippen molar-refractivity contribution in [2.45, 2.75) is 25.6 Å². The summed E-state index contributed by atoms with van der Waals surface area (Å²) in [4.78, 5) is 3.94. The molecule has 0 saturated carbocycles. The fourth-order valence-corrected chi connectivity index (χ4v) is 1.12. The highest BCUT2D eigenvalue weighted by Gasteiger charge is 2.11. The fraction of sp³-hybridized carbons (Fsp3) is 0.500. The fourth-order valence-electron chi connectivity index (χ4n) is 1.12. The van der Waals surface area contributed by atoms with Crippen LogP contribution in [0.2, 0.25) is 0 Å². The van der Waals surface area contributed by atoms with E-state index in [1.807, 2.05) is 19.1 Å². The van der Waals surface area contributed by atoms with E-state index in [2.05, 4.69) is 4.98 Å². The number of aliphatic hydroxyl groups is 1. The van der Waals surface area contributed by atoms with Crippen molar-refractivity contribution in [2.75, 3.05) is 7.11 Å². The average molecular weight is 181 g/mol. The molecular formula is C10H15NO2. The Hall–Kier alpha value is -0.930. The summed E-state index contributed by atoms with van der Waals surface area (Å²) in [5, 5.41) is 9.70. The van der Waals surface area contributed by atoms with Gasteiger partial charge in [-0.15, -0.1) is 0 Å². The van der Waals surface area contributed by atoms with Gasteiger partial charge in [0.2, 0.25) is 0 Å². The van der Waals surface area contributed by atoms with Gasteiger partial charge in [-0.05, 0) is 18.6 Å². The van der Waals surface area contributed by atoms with E-state index in [4.69, 9.17) is 4.74 Å². The van der Waals surface area contributed by atoms with Crippen LogP contribution >= 0.6 is 0 Å². The average Bonchev–Trinajstić information content (AvgIpc) is 2.19. The third-order valence-corrected chi connectivity index (χ3v) is 2.03. The maximum atomic E-state index is 9.70. The SMILES string of the molecule is COC(C)CC(O)c1cccnc1. The first kappa shape index (κ1) is 10.2. The van der Waals surface area contributed by atoms with Crippen LogP contribution in [0, 0.1) is 0 Å². The van der Waals surface area contributed by atoms with E-state index in [1.54, 1.807) is 19.5 Å². The van der Waals surface area contributed by atoms with Gasteiger partial charge in [-0.1, -0.05) is 6.07 Å². The predicted molar refractivity (Wildman–Crippen MR) is 50.3 cm³/mol. The van der Waals surface area contributed by atoms with Crippen LogP contribution in [0.3, 0.4) is 0 Å². The van der Waals surface area contributed by atoms with Gasteiger partial charge in [0.25, 0.3) is 0 Å². The monoisotopic (exact) mass is 181 g/mol. The molecule has 1 N–H and O–H groups in total. The second-order valence-corrected chi connectivity index (χ2v) is 3.08. The van der Waals surface area contributed by atoms with E-state index < -0.39 is 6.10 Å². The highest BCUT2D eigenvalue weighted by Crippen LogP contribution is 2.17. The first-order valence-electron chi connectivity index (χ1n) is 4.35. The summed E-state index contributed by atoms with van der Waals surface area (Å²) in [5.74, 6) is 0. The van der Waals surface area contributed by atoms with Crippen LogP contribution in [0.5, 0.6) is 0 Å². The lowest BCUT2D eigenvalue weighted by Crippen LogP contribution is -2.11. The first-order valence-corrected chi connectivity index (χ1v) is 4.35. The maximum Gasteiger partial charge on any atom is 0.0829 e. The summed E-state index contributed by atoms with van der Waals surface area (Å²) in [7, 11) is 1.64. The van der Waals surface area contributed by atoms with Crippen molar-refractivity contribution in [1.29, 1.82) is 0 Å². The quantitative estimate of drug-likeness (QED) is 0.766. The van der Waals surface area contributed by atoms with Crippen molar-refractivity contribution in [3.05, 3.63) is 30.1 Å². The lowest BCUT2D eigenvalue weighted by atomic mass is 10.1. The minimum atomic E-state index is -0.483. The molecular weight excluding hydrogens is 166 g/mol. The van der Waals surface area contributed by atoms with Gasteiger partial charge in [0, 0.05) is 25.9 Å². The van der Waals surface area contributed by atoms with Gasteiger partial charge in [-0.3, -0.25) is 4.98 Å². The van der Waals surface area contributed by atoms with Crippen molar-refractivity contribution < 1.29 is 9.84 Å². The Bertz CT molecular complexity index is 238. The number of methoxy groups -OCH3 is 1. The Morgan fingerprint density at radius 3 is 2.92 bits per heavy atom. The molecule has 2 atom stereocenters. The van der Waals surface area contributed by atoms with Gasteiger partial charge in [-0.25, -0.2) is 0 Å². The van der Waals surface area contributed by atoms with Gasteiger partial charge in [0.15, 0.2) is 0 Å². The number of ether oxygens (including phenoxy) is 1. The lowest BCUT2D eigenvalue weighted by molar-refractivity contribution is 0.0558. The summed E-state index contributed by atoms with van der Waals surface area (Å²) >= 11 is 0. The molecule has 72 valence electrons. The zero-order valence-electron chi connectivity index (χ0n) is 7.97. The summed E-state index contributed by atoms with van der Waals surface area (Å²) in [6.45, 7) is 1.93. The topological polar surface area (TPSA) is 42.4 Å². The molecule has 13 heavy (non-hydrogen) atoms. The van der Waals surface area contributed by atoms with Gasteiger partial charge >= 0.3 is 0 Å². The highest BCUT2D eigenvalue weighted by atomic mass is 16.5. The van der Waals surface area contributed by atoms with Crippen molar-refractivity contribution >= 4 is 0 Å². The molecule has 3 heteroatoms. The molecule has 0 aliphatic heterocycles. The third kappa shape index (κ3) is 3.13. The normalized spacial score (nSPS) is 15.3. The molecule has 1 aromatic rings. The molecule has 0 amide bonds. The van der Waals surface area contributed by atoms with Crippen molar-refractivity contribution in [3.63, 3.8) is 0 Å². The van der Waals surface area contributed by atoms with Crippen LogP contribution < -0.4 is 0 Å². The zero-order valence-corrected chi connectivity index (χ0v) is 7.97. The Morgan fingerprint density at radius 1 is 1.62 bits per heavy atom. The molecule has 0 fully saturated rings. The third-order valence-electron chi connectivity index (χ3n) is 2.03. The Balaban J connectivity index is 2.53. The smallest absolute Gasteiger partial charge is 0.0829 e. The number of pyridine rings is 1. The van der Waals surface area contributed by atoms with E-state index in [9.17, 15) is 5.11 Å². The number of aliphatic hydroxyl groups excluding tert-OH is 1. The number of rotatable bonds is 4. The zero-order chi connectivity index (χ0) is 9.68. The summed E-state index contributed by atoms with van der Waals surface area (Å²) < 4.78 is 5.06.